The summed E-state index contributed by atoms with van der Waals surface area (Å²) in [6.45, 7) is 2.72. The van der Waals surface area contributed by atoms with Crippen molar-refractivity contribution in [3.05, 3.63) is 32.6 Å². The molecule has 0 spiro atoms. The van der Waals surface area contributed by atoms with Gasteiger partial charge in [0.05, 0.1) is 5.52 Å². The van der Waals surface area contributed by atoms with Gasteiger partial charge in [-0.1, -0.05) is 0 Å². The number of ether oxygens (including phenoxy) is 1. The molecule has 2 aromatic heterocycles. The Morgan fingerprint density at radius 2 is 2.12 bits per heavy atom. The number of aromatic amines is 2. The minimum Gasteiger partial charge on any atom is -0.385 e. The summed E-state index contributed by atoms with van der Waals surface area (Å²) in [5, 5.41) is 0. The Hall–Kier alpha value is -1.82. The van der Waals surface area contributed by atoms with E-state index in [1.165, 1.54) is 4.57 Å². The molecular weight excluding hydrogens is 222 g/mol. The largest absolute Gasteiger partial charge is 0.385 e. The van der Waals surface area contributed by atoms with Crippen LogP contribution in [-0.2, 0) is 11.3 Å². The maximum absolute atomic E-state index is 12.0. The van der Waals surface area contributed by atoms with E-state index < -0.39 is 0 Å². The fourth-order valence-corrected chi connectivity index (χ4v) is 1.84. The molecule has 0 saturated carbocycles. The molecule has 92 valence electrons. The number of hydrogen-bond donors (Lipinski definition) is 2. The van der Waals surface area contributed by atoms with Gasteiger partial charge in [0.2, 0.25) is 0 Å². The SMILES string of the molecule is COCCCn1c(=O)[nH]c2cc(C)[nH]c2c1=O. The summed E-state index contributed by atoms with van der Waals surface area (Å²) in [5.74, 6) is 0. The Morgan fingerprint density at radius 1 is 1.35 bits per heavy atom. The molecule has 2 aromatic rings. The van der Waals surface area contributed by atoms with Crippen molar-refractivity contribution < 1.29 is 4.74 Å². The van der Waals surface area contributed by atoms with Crippen molar-refractivity contribution in [2.75, 3.05) is 13.7 Å². The number of nitrogens with one attached hydrogen (secondary N) is 2. The first-order valence-corrected chi connectivity index (χ1v) is 5.45. The number of aromatic nitrogens is 3. The zero-order valence-electron chi connectivity index (χ0n) is 9.87. The van der Waals surface area contributed by atoms with Crippen LogP contribution in [0.2, 0.25) is 0 Å². The van der Waals surface area contributed by atoms with Gasteiger partial charge >= 0.3 is 5.69 Å². The normalized spacial score (nSPS) is 11.2. The molecule has 0 amide bonds. The molecule has 0 aliphatic heterocycles. The van der Waals surface area contributed by atoms with E-state index >= 15 is 0 Å². The van der Waals surface area contributed by atoms with E-state index in [0.717, 1.165) is 5.69 Å². The van der Waals surface area contributed by atoms with Crippen LogP contribution < -0.4 is 11.2 Å². The highest BCUT2D eigenvalue weighted by Crippen LogP contribution is 2.05. The molecule has 2 N–H and O–H groups in total. The molecule has 0 atom stereocenters. The molecule has 2 heterocycles. The minimum atomic E-state index is -0.377. The number of methoxy groups -OCH3 is 1. The van der Waals surface area contributed by atoms with E-state index in [1.54, 1.807) is 13.2 Å². The maximum Gasteiger partial charge on any atom is 0.328 e. The Bertz CT molecular complexity index is 635. The Kier molecular flexibility index (Phi) is 3.14. The van der Waals surface area contributed by atoms with E-state index in [1.807, 2.05) is 6.92 Å². The summed E-state index contributed by atoms with van der Waals surface area (Å²) in [6, 6.07) is 1.75. The summed E-state index contributed by atoms with van der Waals surface area (Å²) in [4.78, 5) is 29.4. The molecule has 0 saturated heterocycles. The second-order valence-corrected chi connectivity index (χ2v) is 3.97. The van der Waals surface area contributed by atoms with Gasteiger partial charge in [0.1, 0.15) is 5.52 Å². The first-order valence-electron chi connectivity index (χ1n) is 5.45. The zero-order chi connectivity index (χ0) is 12.4. The first-order chi connectivity index (χ1) is 8.13. The first kappa shape index (κ1) is 11.7. The van der Waals surface area contributed by atoms with Crippen LogP contribution in [0, 0.1) is 6.92 Å². The van der Waals surface area contributed by atoms with Crippen molar-refractivity contribution in [3.63, 3.8) is 0 Å². The molecule has 6 nitrogen and oxygen atoms in total. The molecule has 17 heavy (non-hydrogen) atoms. The predicted molar refractivity (Wildman–Crippen MR) is 64.4 cm³/mol. The Labute approximate surface area is 97.2 Å². The van der Waals surface area contributed by atoms with Gasteiger partial charge in [0, 0.05) is 26.0 Å². The van der Waals surface area contributed by atoms with Gasteiger partial charge in [-0.25, -0.2) is 4.79 Å². The van der Waals surface area contributed by atoms with Crippen molar-refractivity contribution in [2.45, 2.75) is 19.9 Å². The van der Waals surface area contributed by atoms with E-state index in [9.17, 15) is 9.59 Å². The fraction of sp³-hybridized carbons (Fsp3) is 0.455. The molecular formula is C11H15N3O3. The maximum atomic E-state index is 12.0. The van der Waals surface area contributed by atoms with Gasteiger partial charge in [0.15, 0.2) is 0 Å². The van der Waals surface area contributed by atoms with Crippen LogP contribution in [0.1, 0.15) is 12.1 Å². The number of rotatable bonds is 4. The standard InChI is InChI=1S/C11H15N3O3/c1-7-6-8-9(12-7)10(15)14(11(16)13-8)4-3-5-17-2/h6,12H,3-5H2,1-2H3,(H,13,16). The third-order valence-electron chi connectivity index (χ3n) is 2.63. The molecule has 6 heteroatoms. The monoisotopic (exact) mass is 237 g/mol. The molecule has 0 aliphatic rings. The lowest BCUT2D eigenvalue weighted by atomic mass is 10.4. The summed E-state index contributed by atoms with van der Waals surface area (Å²) in [7, 11) is 1.59. The van der Waals surface area contributed by atoms with Crippen molar-refractivity contribution >= 4 is 11.0 Å². The Balaban J connectivity index is 2.48. The second-order valence-electron chi connectivity index (χ2n) is 3.97. The lowest BCUT2D eigenvalue weighted by Gasteiger charge is -2.03. The van der Waals surface area contributed by atoms with Gasteiger partial charge in [-0.15, -0.1) is 0 Å². The lowest BCUT2D eigenvalue weighted by Crippen LogP contribution is -2.35. The third-order valence-corrected chi connectivity index (χ3v) is 2.63. The highest BCUT2D eigenvalue weighted by molar-refractivity contribution is 5.74. The number of hydrogen-bond acceptors (Lipinski definition) is 3. The number of H-pyrrole nitrogens is 2. The van der Waals surface area contributed by atoms with Crippen LogP contribution in [0.5, 0.6) is 0 Å². The number of nitrogens with zero attached hydrogens (tertiary/aromatic N) is 1. The van der Waals surface area contributed by atoms with Crippen LogP contribution in [0.3, 0.4) is 0 Å². The zero-order valence-corrected chi connectivity index (χ0v) is 9.87. The van der Waals surface area contributed by atoms with Crippen LogP contribution in [0.4, 0.5) is 0 Å². The van der Waals surface area contributed by atoms with E-state index in [4.69, 9.17) is 4.74 Å². The predicted octanol–water partition coefficient (Wildman–Crippen LogP) is 0.363. The summed E-state index contributed by atoms with van der Waals surface area (Å²) in [5.41, 5.74) is 1.19. The van der Waals surface area contributed by atoms with Gasteiger partial charge < -0.3 is 14.7 Å². The molecule has 0 fully saturated rings. The number of aryl methyl sites for hydroxylation is 1. The molecule has 0 radical (unpaired) electrons. The highest BCUT2D eigenvalue weighted by Gasteiger charge is 2.08. The topological polar surface area (TPSA) is 79.9 Å². The molecule has 0 aliphatic carbocycles. The molecule has 0 bridgehead atoms. The van der Waals surface area contributed by atoms with Crippen molar-refractivity contribution in [2.24, 2.45) is 0 Å². The van der Waals surface area contributed by atoms with Gasteiger partial charge in [-0.3, -0.25) is 9.36 Å². The van der Waals surface area contributed by atoms with Crippen LogP contribution in [-0.4, -0.2) is 28.3 Å². The quantitative estimate of drug-likeness (QED) is 0.753. The van der Waals surface area contributed by atoms with E-state index in [2.05, 4.69) is 9.97 Å². The Morgan fingerprint density at radius 3 is 2.82 bits per heavy atom. The highest BCUT2D eigenvalue weighted by atomic mass is 16.5. The fourth-order valence-electron chi connectivity index (χ4n) is 1.84. The molecule has 0 aromatic carbocycles. The van der Waals surface area contributed by atoms with E-state index in [0.29, 0.717) is 30.6 Å². The molecule has 2 rings (SSSR count). The summed E-state index contributed by atoms with van der Waals surface area (Å²) >= 11 is 0. The molecule has 0 unspecified atom stereocenters. The van der Waals surface area contributed by atoms with Crippen LogP contribution >= 0.6 is 0 Å². The van der Waals surface area contributed by atoms with Gasteiger partial charge in [0.25, 0.3) is 5.56 Å². The van der Waals surface area contributed by atoms with Gasteiger partial charge in [-0.2, -0.15) is 0 Å². The summed E-state index contributed by atoms with van der Waals surface area (Å²) in [6.07, 6.45) is 0.630. The average Bonchev–Trinajstić information content (AvgIpc) is 2.64. The van der Waals surface area contributed by atoms with Crippen molar-refractivity contribution in [1.29, 1.82) is 0 Å². The van der Waals surface area contributed by atoms with Crippen molar-refractivity contribution in [1.82, 2.24) is 14.5 Å². The van der Waals surface area contributed by atoms with E-state index in [-0.39, 0.29) is 11.2 Å². The van der Waals surface area contributed by atoms with Crippen molar-refractivity contribution in [3.8, 4) is 0 Å². The minimum absolute atomic E-state index is 0.284. The smallest absolute Gasteiger partial charge is 0.328 e. The van der Waals surface area contributed by atoms with Crippen LogP contribution in [0.25, 0.3) is 11.0 Å². The van der Waals surface area contributed by atoms with Gasteiger partial charge in [-0.05, 0) is 19.4 Å². The third kappa shape index (κ3) is 2.16. The summed E-state index contributed by atoms with van der Waals surface area (Å²) < 4.78 is 6.09. The second kappa shape index (κ2) is 4.58. The average molecular weight is 237 g/mol. The lowest BCUT2D eigenvalue weighted by molar-refractivity contribution is 0.189. The van der Waals surface area contributed by atoms with Crippen LogP contribution in [0.15, 0.2) is 15.7 Å². The number of fused-ring (bicyclic) bond motifs is 1.